The van der Waals surface area contributed by atoms with E-state index in [-0.39, 0.29) is 0 Å². The Morgan fingerprint density at radius 2 is 1.97 bits per heavy atom. The van der Waals surface area contributed by atoms with Crippen molar-refractivity contribution in [1.82, 2.24) is 14.9 Å². The number of rotatable bonds is 9. The van der Waals surface area contributed by atoms with Crippen molar-refractivity contribution in [2.24, 2.45) is 0 Å². The number of nitrogens with one attached hydrogen (secondary N) is 1. The molecule has 3 heterocycles. The third-order valence-electron chi connectivity index (χ3n) is 5.61. The third kappa shape index (κ3) is 5.17. The van der Waals surface area contributed by atoms with Crippen LogP contribution in [0.4, 0.5) is 5.69 Å². The lowest BCUT2D eigenvalue weighted by Crippen LogP contribution is -2.29. The van der Waals surface area contributed by atoms with Crippen LogP contribution in [-0.2, 0) is 0 Å². The molecule has 166 valence electrons. The molecule has 2 aromatic heterocycles. The van der Waals surface area contributed by atoms with Gasteiger partial charge in [0.05, 0.1) is 30.5 Å². The van der Waals surface area contributed by atoms with Gasteiger partial charge in [0.25, 0.3) is 0 Å². The zero-order valence-corrected chi connectivity index (χ0v) is 18.6. The van der Waals surface area contributed by atoms with Gasteiger partial charge in [-0.25, -0.2) is 9.97 Å². The number of hydrogen-bond donors (Lipinski definition) is 2. The smallest absolute Gasteiger partial charge is 0.163 e. The number of anilines is 1. The fourth-order valence-corrected chi connectivity index (χ4v) is 4.03. The van der Waals surface area contributed by atoms with Crippen molar-refractivity contribution in [1.29, 1.82) is 0 Å². The molecule has 0 bridgehead atoms. The van der Waals surface area contributed by atoms with Crippen molar-refractivity contribution in [3.63, 3.8) is 0 Å². The second-order valence-electron chi connectivity index (χ2n) is 8.80. The van der Waals surface area contributed by atoms with Crippen LogP contribution in [0.25, 0.3) is 21.9 Å². The Morgan fingerprint density at radius 3 is 2.71 bits per heavy atom. The van der Waals surface area contributed by atoms with Crippen LogP contribution in [0.2, 0.25) is 0 Å². The van der Waals surface area contributed by atoms with Gasteiger partial charge in [-0.15, -0.1) is 0 Å². The summed E-state index contributed by atoms with van der Waals surface area (Å²) in [6.07, 6.45) is 5.32. The fourth-order valence-electron chi connectivity index (χ4n) is 4.03. The Balaban J connectivity index is 1.63. The number of ether oxygens (including phenoxy) is 2. The van der Waals surface area contributed by atoms with Crippen molar-refractivity contribution in [2.75, 3.05) is 45.2 Å². The van der Waals surface area contributed by atoms with Gasteiger partial charge in [0.1, 0.15) is 0 Å². The SMILES string of the molecule is COc1cc2c(NCC(C)(C)O)c3cccnc3nc2cc1OCCCN1CCCC1. The van der Waals surface area contributed by atoms with E-state index in [2.05, 4.69) is 15.2 Å². The largest absolute Gasteiger partial charge is 0.493 e. The topological polar surface area (TPSA) is 79.7 Å². The molecule has 0 aliphatic carbocycles. The zero-order chi connectivity index (χ0) is 21.8. The average Bonchev–Trinajstić information content (AvgIpc) is 3.26. The summed E-state index contributed by atoms with van der Waals surface area (Å²) in [6, 6.07) is 7.75. The van der Waals surface area contributed by atoms with E-state index < -0.39 is 5.60 Å². The summed E-state index contributed by atoms with van der Waals surface area (Å²) in [7, 11) is 1.65. The second kappa shape index (κ2) is 9.24. The van der Waals surface area contributed by atoms with Gasteiger partial charge in [0, 0.05) is 36.1 Å². The summed E-state index contributed by atoms with van der Waals surface area (Å²) in [5.74, 6) is 1.36. The average molecular weight is 425 g/mol. The van der Waals surface area contributed by atoms with E-state index in [0.717, 1.165) is 34.9 Å². The van der Waals surface area contributed by atoms with Gasteiger partial charge in [-0.05, 0) is 64.4 Å². The molecule has 2 N–H and O–H groups in total. The standard InChI is InChI=1S/C24H32N4O3/c1-24(2,29)16-26-22-17-8-6-9-25-23(17)27-19-15-21(20(30-3)14-18(19)22)31-13-7-12-28-10-4-5-11-28/h6,8-9,14-15,29H,4-5,7,10-13,16H2,1-3H3,(H,25,26,27). The zero-order valence-electron chi connectivity index (χ0n) is 18.6. The highest BCUT2D eigenvalue weighted by Crippen LogP contribution is 2.38. The molecule has 0 saturated carbocycles. The molecule has 0 atom stereocenters. The molecule has 0 radical (unpaired) electrons. The molecule has 4 rings (SSSR count). The molecule has 1 saturated heterocycles. The molecular formula is C24H32N4O3. The van der Waals surface area contributed by atoms with Crippen LogP contribution in [0.15, 0.2) is 30.5 Å². The molecule has 0 amide bonds. The number of aromatic nitrogens is 2. The predicted molar refractivity (Wildman–Crippen MR) is 124 cm³/mol. The number of likely N-dealkylation sites (tertiary alicyclic amines) is 1. The normalized spacial score (nSPS) is 15.0. The first kappa shape index (κ1) is 21.6. The maximum Gasteiger partial charge on any atom is 0.163 e. The van der Waals surface area contributed by atoms with Crippen molar-refractivity contribution in [2.45, 2.75) is 38.7 Å². The van der Waals surface area contributed by atoms with E-state index >= 15 is 0 Å². The van der Waals surface area contributed by atoms with Crippen LogP contribution in [0.5, 0.6) is 11.5 Å². The highest BCUT2D eigenvalue weighted by molar-refractivity contribution is 6.07. The molecule has 0 spiro atoms. The van der Waals surface area contributed by atoms with Gasteiger partial charge >= 0.3 is 0 Å². The Morgan fingerprint density at radius 1 is 1.16 bits per heavy atom. The number of benzene rings is 1. The highest BCUT2D eigenvalue weighted by Gasteiger charge is 2.18. The number of methoxy groups -OCH3 is 1. The van der Waals surface area contributed by atoms with Gasteiger partial charge in [-0.1, -0.05) is 0 Å². The van der Waals surface area contributed by atoms with Crippen LogP contribution < -0.4 is 14.8 Å². The summed E-state index contributed by atoms with van der Waals surface area (Å²) in [6.45, 7) is 8.04. The molecule has 7 heteroatoms. The van der Waals surface area contributed by atoms with Crippen LogP contribution in [0.1, 0.15) is 33.1 Å². The quantitative estimate of drug-likeness (QED) is 0.399. The minimum Gasteiger partial charge on any atom is -0.493 e. The number of aliphatic hydroxyl groups is 1. The van der Waals surface area contributed by atoms with E-state index in [4.69, 9.17) is 14.5 Å². The predicted octanol–water partition coefficient (Wildman–Crippen LogP) is 3.84. The summed E-state index contributed by atoms with van der Waals surface area (Å²) in [5, 5.41) is 15.4. The maximum atomic E-state index is 10.2. The number of fused-ring (bicyclic) bond motifs is 2. The first-order valence-electron chi connectivity index (χ1n) is 11.0. The van der Waals surface area contributed by atoms with E-state index in [9.17, 15) is 5.11 Å². The highest BCUT2D eigenvalue weighted by atomic mass is 16.5. The van der Waals surface area contributed by atoms with E-state index in [1.54, 1.807) is 27.2 Å². The second-order valence-corrected chi connectivity index (χ2v) is 8.80. The number of nitrogens with zero attached hydrogens (tertiary/aromatic N) is 3. The minimum atomic E-state index is -0.855. The fraction of sp³-hybridized carbons (Fsp3) is 0.500. The third-order valence-corrected chi connectivity index (χ3v) is 5.61. The molecule has 3 aromatic rings. The lowest BCUT2D eigenvalue weighted by Gasteiger charge is -2.21. The summed E-state index contributed by atoms with van der Waals surface area (Å²) >= 11 is 0. The first-order valence-corrected chi connectivity index (χ1v) is 11.0. The van der Waals surface area contributed by atoms with E-state index in [0.29, 0.717) is 30.3 Å². The van der Waals surface area contributed by atoms with E-state index in [1.165, 1.54) is 25.9 Å². The van der Waals surface area contributed by atoms with Crippen molar-refractivity contribution < 1.29 is 14.6 Å². The molecule has 1 fully saturated rings. The first-order chi connectivity index (χ1) is 14.9. The molecule has 0 unspecified atom stereocenters. The lowest BCUT2D eigenvalue weighted by molar-refractivity contribution is 0.0946. The van der Waals surface area contributed by atoms with Gasteiger partial charge in [0.15, 0.2) is 17.1 Å². The van der Waals surface area contributed by atoms with Gasteiger partial charge in [-0.2, -0.15) is 0 Å². The van der Waals surface area contributed by atoms with Crippen molar-refractivity contribution >= 4 is 27.6 Å². The van der Waals surface area contributed by atoms with E-state index in [1.807, 2.05) is 24.3 Å². The van der Waals surface area contributed by atoms with Crippen LogP contribution in [-0.4, -0.2) is 65.5 Å². The van der Waals surface area contributed by atoms with Gasteiger partial charge < -0.3 is 24.8 Å². The molecule has 1 aliphatic heterocycles. The van der Waals surface area contributed by atoms with Crippen molar-refractivity contribution in [3.05, 3.63) is 30.5 Å². The molecule has 1 aromatic carbocycles. The molecule has 1 aliphatic rings. The lowest BCUT2D eigenvalue weighted by atomic mass is 10.1. The monoisotopic (exact) mass is 424 g/mol. The van der Waals surface area contributed by atoms with Crippen LogP contribution in [0, 0.1) is 0 Å². The molecule has 7 nitrogen and oxygen atoms in total. The molecular weight excluding hydrogens is 392 g/mol. The van der Waals surface area contributed by atoms with Crippen LogP contribution in [0.3, 0.4) is 0 Å². The maximum absolute atomic E-state index is 10.2. The minimum absolute atomic E-state index is 0.396. The Kier molecular flexibility index (Phi) is 6.43. The van der Waals surface area contributed by atoms with Crippen LogP contribution >= 0.6 is 0 Å². The van der Waals surface area contributed by atoms with Gasteiger partial charge in [-0.3, -0.25) is 0 Å². The number of pyridine rings is 2. The number of hydrogen-bond acceptors (Lipinski definition) is 7. The van der Waals surface area contributed by atoms with Crippen molar-refractivity contribution in [3.8, 4) is 11.5 Å². The summed E-state index contributed by atoms with van der Waals surface area (Å²) in [5.41, 5.74) is 1.46. The Labute approximate surface area is 183 Å². The summed E-state index contributed by atoms with van der Waals surface area (Å²) in [4.78, 5) is 11.7. The Hall–Kier alpha value is -2.64. The van der Waals surface area contributed by atoms with Gasteiger partial charge in [0.2, 0.25) is 0 Å². The summed E-state index contributed by atoms with van der Waals surface area (Å²) < 4.78 is 11.7. The Bertz CT molecular complexity index is 1040. The molecule has 31 heavy (non-hydrogen) atoms.